The molecule has 318 valence electrons. The van der Waals surface area contributed by atoms with Gasteiger partial charge in [0.2, 0.25) is 0 Å². The summed E-state index contributed by atoms with van der Waals surface area (Å²) in [5, 5.41) is 5.83. The molecule has 0 bridgehead atoms. The fourth-order valence-electron chi connectivity index (χ4n) is 11.7. The van der Waals surface area contributed by atoms with Crippen molar-refractivity contribution >= 4 is 98.5 Å². The molecule has 0 saturated heterocycles. The molecule has 10 aromatic carbocycles. The zero-order valence-electron chi connectivity index (χ0n) is 36.6. The number of hydrogen-bond donors (Lipinski definition) is 0. The Balaban J connectivity index is 1.03. The molecule has 1 unspecified atom stereocenters. The number of furan rings is 2. The summed E-state index contributed by atoms with van der Waals surface area (Å²) in [7, 11) is 0. The van der Waals surface area contributed by atoms with Crippen LogP contribution in [0.4, 0.5) is 34.1 Å². The summed E-state index contributed by atoms with van der Waals surface area (Å²) >= 11 is 1.85. The van der Waals surface area contributed by atoms with Crippen molar-refractivity contribution in [1.82, 2.24) is 0 Å². The molecule has 4 nitrogen and oxygen atoms in total. The van der Waals surface area contributed by atoms with Crippen LogP contribution in [-0.2, 0) is 5.41 Å². The molecule has 3 aromatic heterocycles. The van der Waals surface area contributed by atoms with Gasteiger partial charge in [0.1, 0.15) is 16.9 Å². The predicted octanol–water partition coefficient (Wildman–Crippen LogP) is 18.0. The largest absolute Gasteiger partial charge is 0.456 e. The first-order valence-corrected chi connectivity index (χ1v) is 24.0. The maximum Gasteiger partial charge on any atom is 0.159 e. The Labute approximate surface area is 395 Å². The topological polar surface area (TPSA) is 32.8 Å². The van der Waals surface area contributed by atoms with Gasteiger partial charge in [-0.25, -0.2) is 0 Å². The quantitative estimate of drug-likeness (QED) is 0.167. The molecule has 15 rings (SSSR count). The van der Waals surface area contributed by atoms with E-state index in [1.165, 1.54) is 53.6 Å². The van der Waals surface area contributed by atoms with E-state index in [9.17, 15) is 0 Å². The van der Waals surface area contributed by atoms with Gasteiger partial charge in [0, 0.05) is 70.2 Å². The Morgan fingerprint density at radius 1 is 0.353 bits per heavy atom. The number of anilines is 6. The highest BCUT2D eigenvalue weighted by atomic mass is 32.1. The fraction of sp³-hybridized carbons (Fsp3) is 0.0159. The van der Waals surface area contributed by atoms with Crippen LogP contribution in [0.5, 0.6) is 0 Å². The van der Waals surface area contributed by atoms with Gasteiger partial charge in [-0.1, -0.05) is 146 Å². The van der Waals surface area contributed by atoms with E-state index in [0.29, 0.717) is 0 Å². The van der Waals surface area contributed by atoms with Gasteiger partial charge >= 0.3 is 0 Å². The lowest BCUT2D eigenvalue weighted by Gasteiger charge is -2.33. The molecule has 0 radical (unpaired) electrons. The molecule has 0 N–H and O–H groups in total. The first kappa shape index (κ1) is 37.6. The second-order valence-electron chi connectivity index (χ2n) is 17.9. The molecule has 2 aliphatic carbocycles. The molecule has 1 spiro atoms. The monoisotopic (exact) mass is 886 g/mol. The van der Waals surface area contributed by atoms with Crippen molar-refractivity contribution in [3.05, 3.63) is 253 Å². The van der Waals surface area contributed by atoms with E-state index >= 15 is 0 Å². The van der Waals surface area contributed by atoms with Gasteiger partial charge in [0.15, 0.2) is 5.58 Å². The van der Waals surface area contributed by atoms with Crippen molar-refractivity contribution in [2.24, 2.45) is 0 Å². The maximum absolute atomic E-state index is 7.28. The summed E-state index contributed by atoms with van der Waals surface area (Å²) in [6.45, 7) is 0. The molecule has 68 heavy (non-hydrogen) atoms. The van der Waals surface area contributed by atoms with E-state index in [-0.39, 0.29) is 0 Å². The zero-order valence-corrected chi connectivity index (χ0v) is 37.4. The van der Waals surface area contributed by atoms with Crippen LogP contribution in [0.15, 0.2) is 239 Å². The standard InChI is InChI=1S/C63H38N2O2S/c1-3-17-39(18-4-1)64(41-34-36-58-49(37-41)46-23-10-14-32-57(46)68-58)42-33-35-44-43-21-7-11-26-50(43)63(52(44)38-42)51-27-16-28-53(59(51)62-60(63)48-24-9-13-31-56(48)67-62)65(40-19-5-2-6-20-40)54-29-15-25-47-45-22-8-12-30-55(45)66-61(47)54/h1-38H. The van der Waals surface area contributed by atoms with E-state index < -0.39 is 5.41 Å². The van der Waals surface area contributed by atoms with Gasteiger partial charge < -0.3 is 18.6 Å². The Kier molecular flexibility index (Phi) is 7.83. The smallest absolute Gasteiger partial charge is 0.159 e. The van der Waals surface area contributed by atoms with Crippen LogP contribution in [0.2, 0.25) is 0 Å². The van der Waals surface area contributed by atoms with E-state index in [0.717, 1.165) is 78.4 Å². The van der Waals surface area contributed by atoms with Crippen molar-refractivity contribution in [1.29, 1.82) is 0 Å². The summed E-state index contributed by atoms with van der Waals surface area (Å²) < 4.78 is 16.7. The second-order valence-corrected chi connectivity index (χ2v) is 19.0. The molecule has 3 heterocycles. The number of fused-ring (bicyclic) bond motifs is 18. The summed E-state index contributed by atoms with van der Waals surface area (Å²) in [5.74, 6) is 0.886. The number of thiophene rings is 1. The van der Waals surface area contributed by atoms with Crippen LogP contribution < -0.4 is 9.80 Å². The number of nitrogens with zero attached hydrogens (tertiary/aromatic N) is 2. The van der Waals surface area contributed by atoms with Gasteiger partial charge in [-0.2, -0.15) is 0 Å². The van der Waals surface area contributed by atoms with Crippen molar-refractivity contribution < 1.29 is 8.83 Å². The average Bonchev–Trinajstić information content (AvgIpc) is 4.20. The van der Waals surface area contributed by atoms with Crippen molar-refractivity contribution in [2.75, 3.05) is 9.80 Å². The molecule has 0 saturated carbocycles. The van der Waals surface area contributed by atoms with Crippen LogP contribution >= 0.6 is 11.3 Å². The van der Waals surface area contributed by atoms with Gasteiger partial charge in [-0.3, -0.25) is 0 Å². The zero-order chi connectivity index (χ0) is 44.5. The van der Waals surface area contributed by atoms with Crippen LogP contribution in [-0.4, -0.2) is 0 Å². The minimum absolute atomic E-state index is 0.723. The van der Waals surface area contributed by atoms with Gasteiger partial charge in [-0.15, -0.1) is 11.3 Å². The molecular weight excluding hydrogens is 849 g/mol. The minimum Gasteiger partial charge on any atom is -0.456 e. The Bertz CT molecular complexity index is 4180. The molecule has 0 aliphatic heterocycles. The van der Waals surface area contributed by atoms with Crippen LogP contribution in [0, 0.1) is 0 Å². The van der Waals surface area contributed by atoms with Crippen LogP contribution in [0.1, 0.15) is 22.3 Å². The van der Waals surface area contributed by atoms with Crippen molar-refractivity contribution in [2.45, 2.75) is 5.41 Å². The summed E-state index contributed by atoms with van der Waals surface area (Å²) in [6.07, 6.45) is 0. The first-order valence-electron chi connectivity index (χ1n) is 23.2. The number of benzene rings is 10. The third-order valence-corrected chi connectivity index (χ3v) is 15.6. The molecule has 13 aromatic rings. The third kappa shape index (κ3) is 5.08. The number of hydrogen-bond acceptors (Lipinski definition) is 5. The van der Waals surface area contributed by atoms with Gasteiger partial charge in [0.25, 0.3) is 0 Å². The molecule has 0 amide bonds. The lowest BCUT2D eigenvalue weighted by Crippen LogP contribution is -2.26. The second kappa shape index (κ2) is 14.2. The summed E-state index contributed by atoms with van der Waals surface area (Å²) in [5.41, 5.74) is 16.5. The predicted molar refractivity (Wildman–Crippen MR) is 282 cm³/mol. The number of rotatable bonds is 6. The Morgan fingerprint density at radius 2 is 0.941 bits per heavy atom. The fourth-order valence-corrected chi connectivity index (χ4v) is 12.8. The number of para-hydroxylation sites is 5. The summed E-state index contributed by atoms with van der Waals surface area (Å²) in [6, 6.07) is 83.6. The molecule has 5 heteroatoms. The molecular formula is C63H38N2O2S. The molecule has 0 fully saturated rings. The molecule has 1 atom stereocenters. The summed E-state index contributed by atoms with van der Waals surface area (Å²) in [4.78, 5) is 4.80. The SMILES string of the molecule is c1ccc(N(c2ccc3c(c2)C2(c4ccccc4-3)c3cccc(N(c4ccccc4)c4cccc5c4oc4ccccc45)c3-c3oc4ccccc4c32)c2ccc3sc4ccccc4c3c2)cc1. The normalized spacial score (nSPS) is 14.5. The third-order valence-electron chi connectivity index (χ3n) is 14.4. The molecule has 2 aliphatic rings. The lowest BCUT2D eigenvalue weighted by atomic mass is 9.70. The van der Waals surface area contributed by atoms with Crippen molar-refractivity contribution in [3.8, 4) is 22.5 Å². The highest BCUT2D eigenvalue weighted by Crippen LogP contribution is 2.67. The van der Waals surface area contributed by atoms with Crippen LogP contribution in [0.25, 0.3) is 75.5 Å². The van der Waals surface area contributed by atoms with Crippen LogP contribution in [0.3, 0.4) is 0 Å². The average molecular weight is 887 g/mol. The van der Waals surface area contributed by atoms with E-state index in [1.54, 1.807) is 0 Å². The lowest BCUT2D eigenvalue weighted by molar-refractivity contribution is 0.628. The van der Waals surface area contributed by atoms with E-state index in [2.05, 4.69) is 234 Å². The van der Waals surface area contributed by atoms with E-state index in [1.807, 2.05) is 17.4 Å². The minimum atomic E-state index is -0.723. The van der Waals surface area contributed by atoms with Crippen molar-refractivity contribution in [3.63, 3.8) is 0 Å². The Morgan fingerprint density at radius 3 is 1.78 bits per heavy atom. The maximum atomic E-state index is 7.28. The first-order chi connectivity index (χ1) is 33.7. The van der Waals surface area contributed by atoms with Gasteiger partial charge in [0.05, 0.1) is 16.8 Å². The Hall–Kier alpha value is -8.64. The highest BCUT2D eigenvalue weighted by Gasteiger charge is 2.55. The van der Waals surface area contributed by atoms with Gasteiger partial charge in [-0.05, 0) is 113 Å². The van der Waals surface area contributed by atoms with E-state index in [4.69, 9.17) is 8.83 Å². The highest BCUT2D eigenvalue weighted by molar-refractivity contribution is 7.25.